The van der Waals surface area contributed by atoms with Gasteiger partial charge in [-0.3, -0.25) is 10.2 Å². The summed E-state index contributed by atoms with van der Waals surface area (Å²) in [5.41, 5.74) is 14.3. The molecule has 1 aromatic carbocycles. The second-order valence-electron chi connectivity index (χ2n) is 4.13. The predicted octanol–water partition coefficient (Wildman–Crippen LogP) is 1.32. The molecule has 0 atom stereocenters. The molecule has 0 aliphatic heterocycles. The number of hydrogen-bond acceptors (Lipinski definition) is 5. The number of carbonyl (C=O) groups is 1. The summed E-state index contributed by atoms with van der Waals surface area (Å²) in [7, 11) is 0. The highest BCUT2D eigenvalue weighted by Crippen LogP contribution is 2.20. The van der Waals surface area contributed by atoms with E-state index < -0.39 is 0 Å². The van der Waals surface area contributed by atoms with Crippen molar-refractivity contribution in [2.45, 2.75) is 6.92 Å². The molecule has 5 heteroatoms. The van der Waals surface area contributed by atoms with Crippen molar-refractivity contribution in [2.75, 3.05) is 11.1 Å². The molecule has 5 nitrogen and oxygen atoms in total. The van der Waals surface area contributed by atoms with Crippen LogP contribution in [0.5, 0.6) is 0 Å². The first kappa shape index (κ1) is 11.9. The second-order valence-corrected chi connectivity index (χ2v) is 4.13. The number of ketones is 1. The Kier molecular flexibility index (Phi) is 2.89. The molecule has 2 rings (SSSR count). The van der Waals surface area contributed by atoms with Gasteiger partial charge in [-0.2, -0.15) is 0 Å². The lowest BCUT2D eigenvalue weighted by atomic mass is 10.1. The van der Waals surface area contributed by atoms with Gasteiger partial charge in [-0.1, -0.05) is 6.07 Å². The molecule has 18 heavy (non-hydrogen) atoms. The Bertz CT molecular complexity index is 599. The Morgan fingerprint density at radius 2 is 1.94 bits per heavy atom. The van der Waals surface area contributed by atoms with Gasteiger partial charge in [-0.15, -0.1) is 0 Å². The van der Waals surface area contributed by atoms with Crippen molar-refractivity contribution in [3.8, 4) is 0 Å². The van der Waals surface area contributed by atoms with Gasteiger partial charge in [-0.05, 0) is 30.7 Å². The molecule has 0 spiro atoms. The molecule has 6 N–H and O–H groups in total. The van der Waals surface area contributed by atoms with E-state index in [-0.39, 0.29) is 17.2 Å². The van der Waals surface area contributed by atoms with E-state index in [2.05, 4.69) is 5.32 Å². The Hall–Kier alpha value is -2.56. The summed E-state index contributed by atoms with van der Waals surface area (Å²) in [6, 6.07) is 5.47. The van der Waals surface area contributed by atoms with Crippen molar-refractivity contribution in [3.63, 3.8) is 0 Å². The van der Waals surface area contributed by atoms with Gasteiger partial charge >= 0.3 is 0 Å². The van der Waals surface area contributed by atoms with Crippen LogP contribution in [0.2, 0.25) is 0 Å². The lowest BCUT2D eigenvalue weighted by Gasteiger charge is -2.14. The maximum absolute atomic E-state index is 11.4. The highest BCUT2D eigenvalue weighted by atomic mass is 16.1. The molecule has 0 aromatic heterocycles. The van der Waals surface area contributed by atoms with Crippen LogP contribution in [0.3, 0.4) is 0 Å². The molecule has 1 aliphatic rings. The van der Waals surface area contributed by atoms with Crippen molar-refractivity contribution < 1.29 is 4.79 Å². The fraction of sp³-hybridized carbons (Fsp3) is 0.0769. The van der Waals surface area contributed by atoms with Crippen LogP contribution in [0.25, 0.3) is 0 Å². The van der Waals surface area contributed by atoms with Gasteiger partial charge in [-0.25, -0.2) is 0 Å². The maximum Gasteiger partial charge on any atom is 0.203 e. The minimum Gasteiger partial charge on any atom is -0.398 e. The number of nitrogens with one attached hydrogen (secondary N) is 2. The summed E-state index contributed by atoms with van der Waals surface area (Å²) in [6.45, 7) is 1.91. The van der Waals surface area contributed by atoms with Crippen LogP contribution in [0.4, 0.5) is 11.4 Å². The molecule has 1 aliphatic carbocycles. The van der Waals surface area contributed by atoms with Crippen LogP contribution in [0.15, 0.2) is 41.7 Å². The number of hydrogen-bond donors (Lipinski definition) is 4. The van der Waals surface area contributed by atoms with Crippen molar-refractivity contribution in [2.24, 2.45) is 5.73 Å². The Morgan fingerprint density at radius 1 is 1.22 bits per heavy atom. The Balaban J connectivity index is 2.24. The van der Waals surface area contributed by atoms with E-state index in [1.54, 1.807) is 6.07 Å². The van der Waals surface area contributed by atoms with Gasteiger partial charge in [0.15, 0.2) is 0 Å². The first-order valence-corrected chi connectivity index (χ1v) is 5.42. The molecular formula is C13H14N4O. The predicted molar refractivity (Wildman–Crippen MR) is 72.3 cm³/mol. The van der Waals surface area contributed by atoms with E-state index in [1.165, 1.54) is 12.2 Å². The molecule has 0 amide bonds. The zero-order valence-electron chi connectivity index (χ0n) is 9.95. The highest BCUT2D eigenvalue weighted by Gasteiger charge is 2.15. The summed E-state index contributed by atoms with van der Waals surface area (Å²) in [5.74, 6) is -0.298. The number of aryl methyl sites for hydroxylation is 1. The number of anilines is 2. The minimum atomic E-state index is -0.298. The topological polar surface area (TPSA) is 105 Å². The molecule has 0 unspecified atom stereocenters. The number of carbonyl (C=O) groups excluding carboxylic acids is 1. The number of allylic oxidation sites excluding steroid dienone is 2. The van der Waals surface area contributed by atoms with Gasteiger partial charge in [0.1, 0.15) is 0 Å². The van der Waals surface area contributed by atoms with Crippen LogP contribution in [0.1, 0.15) is 5.56 Å². The first-order chi connectivity index (χ1) is 8.47. The Labute approximate surface area is 105 Å². The van der Waals surface area contributed by atoms with Crippen LogP contribution < -0.4 is 16.8 Å². The van der Waals surface area contributed by atoms with Crippen LogP contribution in [-0.2, 0) is 4.79 Å². The fourth-order valence-corrected chi connectivity index (χ4v) is 1.57. The summed E-state index contributed by atoms with van der Waals surface area (Å²) < 4.78 is 0. The second kappa shape index (κ2) is 4.37. The normalized spacial score (nSPS) is 15.2. The third kappa shape index (κ3) is 2.24. The maximum atomic E-state index is 11.4. The van der Waals surface area contributed by atoms with Gasteiger partial charge in [0.05, 0.1) is 17.1 Å². The minimum absolute atomic E-state index is 0.0778. The van der Waals surface area contributed by atoms with E-state index >= 15 is 0 Å². The smallest absolute Gasteiger partial charge is 0.203 e. The molecule has 0 heterocycles. The van der Waals surface area contributed by atoms with Crippen LogP contribution >= 0.6 is 0 Å². The van der Waals surface area contributed by atoms with Gasteiger partial charge in [0, 0.05) is 17.5 Å². The van der Waals surface area contributed by atoms with Gasteiger partial charge < -0.3 is 16.8 Å². The Morgan fingerprint density at radius 3 is 2.61 bits per heavy atom. The van der Waals surface area contributed by atoms with E-state index in [1.807, 2.05) is 19.1 Å². The number of nitrogens with two attached hydrogens (primary N) is 2. The lowest BCUT2D eigenvalue weighted by Crippen LogP contribution is -2.21. The van der Waals surface area contributed by atoms with E-state index in [0.29, 0.717) is 11.4 Å². The van der Waals surface area contributed by atoms with Crippen molar-refractivity contribution in [1.29, 1.82) is 5.41 Å². The van der Waals surface area contributed by atoms with E-state index in [9.17, 15) is 4.79 Å². The molecule has 0 fully saturated rings. The number of benzene rings is 1. The number of rotatable bonds is 2. The zero-order chi connectivity index (χ0) is 13.3. The van der Waals surface area contributed by atoms with E-state index in [0.717, 1.165) is 11.3 Å². The van der Waals surface area contributed by atoms with Gasteiger partial charge in [0.2, 0.25) is 5.78 Å². The molecule has 0 bridgehead atoms. The van der Waals surface area contributed by atoms with Gasteiger partial charge in [0.25, 0.3) is 0 Å². The SMILES string of the molecule is Cc1ccc(NC2=CC(=O)C(N)=CC2=N)cc1N. The molecular weight excluding hydrogens is 228 g/mol. The highest BCUT2D eigenvalue weighted by molar-refractivity contribution is 6.21. The zero-order valence-corrected chi connectivity index (χ0v) is 9.95. The van der Waals surface area contributed by atoms with Crippen molar-refractivity contribution in [1.82, 2.24) is 0 Å². The van der Waals surface area contributed by atoms with Crippen molar-refractivity contribution in [3.05, 3.63) is 47.3 Å². The number of nitrogen functional groups attached to an aromatic ring is 1. The molecule has 0 radical (unpaired) electrons. The summed E-state index contributed by atoms with van der Waals surface area (Å²) in [5, 5.41) is 10.7. The average Bonchev–Trinajstić information content (AvgIpc) is 2.31. The quantitative estimate of drug-likeness (QED) is 0.463. The third-order valence-electron chi connectivity index (χ3n) is 2.71. The van der Waals surface area contributed by atoms with E-state index in [4.69, 9.17) is 16.9 Å². The van der Waals surface area contributed by atoms with Crippen molar-refractivity contribution >= 4 is 22.9 Å². The monoisotopic (exact) mass is 242 g/mol. The van der Waals surface area contributed by atoms with Crippen LogP contribution in [-0.4, -0.2) is 11.5 Å². The summed E-state index contributed by atoms with van der Waals surface area (Å²) >= 11 is 0. The summed E-state index contributed by atoms with van der Waals surface area (Å²) in [6.07, 6.45) is 2.65. The molecule has 0 saturated heterocycles. The standard InChI is InChI=1S/C13H14N4O/c1-7-2-3-8(4-9(7)14)17-12-6-13(18)11(16)5-10(12)15/h2-6,15,17H,14,16H2,1H3. The third-order valence-corrected chi connectivity index (χ3v) is 2.71. The summed E-state index contributed by atoms with van der Waals surface area (Å²) in [4.78, 5) is 11.4. The first-order valence-electron chi connectivity index (χ1n) is 5.42. The van der Waals surface area contributed by atoms with Crippen LogP contribution in [0, 0.1) is 12.3 Å². The fourth-order valence-electron chi connectivity index (χ4n) is 1.57. The lowest BCUT2D eigenvalue weighted by molar-refractivity contribution is -0.111. The molecule has 0 saturated carbocycles. The molecule has 92 valence electrons. The molecule has 1 aromatic rings. The average molecular weight is 242 g/mol. The largest absolute Gasteiger partial charge is 0.398 e.